The highest BCUT2D eigenvalue weighted by Gasteiger charge is 2.20. The standard InChI is InChI=1S/C16H17NO2/c1-3-13-9-7-8-12-15(13)17(16(18)19-2)14-10-5-4-6-11-14/h4-12H,3H2,1-2H3. The predicted molar refractivity (Wildman–Crippen MR) is 76.8 cm³/mol. The number of carbonyl (C=O) groups excluding carboxylic acids is 1. The molecule has 2 aromatic rings. The highest BCUT2D eigenvalue weighted by Crippen LogP contribution is 2.29. The van der Waals surface area contributed by atoms with Crippen LogP contribution in [0.3, 0.4) is 0 Å². The summed E-state index contributed by atoms with van der Waals surface area (Å²) >= 11 is 0. The molecule has 0 saturated carbocycles. The Bertz CT molecular complexity index is 552. The second-order valence-electron chi connectivity index (χ2n) is 4.12. The summed E-state index contributed by atoms with van der Waals surface area (Å²) in [6.07, 6.45) is 0.475. The Morgan fingerprint density at radius 2 is 1.68 bits per heavy atom. The van der Waals surface area contributed by atoms with Gasteiger partial charge in [-0.3, -0.25) is 0 Å². The van der Waals surface area contributed by atoms with Gasteiger partial charge in [-0.15, -0.1) is 0 Å². The highest BCUT2D eigenvalue weighted by molar-refractivity contribution is 5.96. The molecule has 0 atom stereocenters. The van der Waals surface area contributed by atoms with E-state index in [9.17, 15) is 4.79 Å². The summed E-state index contributed by atoms with van der Waals surface area (Å²) in [7, 11) is 1.40. The van der Waals surface area contributed by atoms with Crippen LogP contribution in [-0.4, -0.2) is 13.2 Å². The smallest absolute Gasteiger partial charge is 0.418 e. The molecule has 0 aliphatic heterocycles. The number of methoxy groups -OCH3 is 1. The number of hydrogen-bond acceptors (Lipinski definition) is 2. The lowest BCUT2D eigenvalue weighted by Gasteiger charge is -2.23. The Balaban J connectivity index is 2.53. The number of para-hydroxylation sites is 2. The summed E-state index contributed by atoms with van der Waals surface area (Å²) in [4.78, 5) is 13.7. The van der Waals surface area contributed by atoms with Gasteiger partial charge in [0.2, 0.25) is 0 Å². The van der Waals surface area contributed by atoms with Crippen LogP contribution in [0.15, 0.2) is 54.6 Å². The average molecular weight is 255 g/mol. The summed E-state index contributed by atoms with van der Waals surface area (Å²) in [6.45, 7) is 2.07. The Morgan fingerprint density at radius 1 is 1.05 bits per heavy atom. The van der Waals surface area contributed by atoms with E-state index in [-0.39, 0.29) is 6.09 Å². The van der Waals surface area contributed by atoms with Gasteiger partial charge >= 0.3 is 6.09 Å². The maximum atomic E-state index is 12.1. The fraction of sp³-hybridized carbons (Fsp3) is 0.188. The Morgan fingerprint density at radius 3 is 2.32 bits per heavy atom. The molecule has 0 saturated heterocycles. The van der Waals surface area contributed by atoms with Crippen molar-refractivity contribution in [3.05, 3.63) is 60.2 Å². The molecule has 0 N–H and O–H groups in total. The van der Waals surface area contributed by atoms with Crippen molar-refractivity contribution >= 4 is 17.5 Å². The summed E-state index contributed by atoms with van der Waals surface area (Å²) < 4.78 is 4.91. The molecule has 2 rings (SSSR count). The van der Waals surface area contributed by atoms with Crippen LogP contribution in [0, 0.1) is 0 Å². The van der Waals surface area contributed by atoms with Crippen LogP contribution in [0.2, 0.25) is 0 Å². The third-order valence-electron chi connectivity index (χ3n) is 2.99. The van der Waals surface area contributed by atoms with Gasteiger partial charge in [0.1, 0.15) is 0 Å². The number of amides is 1. The van der Waals surface area contributed by atoms with Crippen LogP contribution in [0.25, 0.3) is 0 Å². The lowest BCUT2D eigenvalue weighted by atomic mass is 10.1. The van der Waals surface area contributed by atoms with E-state index in [0.29, 0.717) is 0 Å². The summed E-state index contributed by atoms with van der Waals surface area (Å²) in [6, 6.07) is 17.4. The third kappa shape index (κ3) is 2.76. The van der Waals surface area contributed by atoms with E-state index in [1.165, 1.54) is 7.11 Å². The lowest BCUT2D eigenvalue weighted by Crippen LogP contribution is -2.26. The minimum absolute atomic E-state index is 0.382. The first-order chi connectivity index (χ1) is 9.27. The van der Waals surface area contributed by atoms with Crippen molar-refractivity contribution in [3.63, 3.8) is 0 Å². The molecule has 98 valence electrons. The van der Waals surface area contributed by atoms with Crippen molar-refractivity contribution in [2.45, 2.75) is 13.3 Å². The Kier molecular flexibility index (Phi) is 4.18. The first-order valence-corrected chi connectivity index (χ1v) is 6.29. The van der Waals surface area contributed by atoms with Crippen molar-refractivity contribution in [1.82, 2.24) is 0 Å². The minimum Gasteiger partial charge on any atom is -0.452 e. The normalized spacial score (nSPS) is 10.0. The predicted octanol–water partition coefficient (Wildman–Crippen LogP) is 4.15. The molecule has 0 bridgehead atoms. The van der Waals surface area contributed by atoms with E-state index in [4.69, 9.17) is 4.74 Å². The molecule has 0 radical (unpaired) electrons. The van der Waals surface area contributed by atoms with Crippen LogP contribution < -0.4 is 4.90 Å². The molecule has 0 fully saturated rings. The van der Waals surface area contributed by atoms with E-state index in [2.05, 4.69) is 6.92 Å². The topological polar surface area (TPSA) is 29.5 Å². The van der Waals surface area contributed by atoms with E-state index < -0.39 is 0 Å². The molecular weight excluding hydrogens is 238 g/mol. The van der Waals surface area contributed by atoms with Crippen LogP contribution in [0.1, 0.15) is 12.5 Å². The van der Waals surface area contributed by atoms with Gasteiger partial charge in [0.05, 0.1) is 18.5 Å². The first-order valence-electron chi connectivity index (χ1n) is 6.29. The summed E-state index contributed by atoms with van der Waals surface area (Å²) in [5.41, 5.74) is 2.77. The largest absolute Gasteiger partial charge is 0.452 e. The van der Waals surface area contributed by atoms with Crippen molar-refractivity contribution in [2.24, 2.45) is 0 Å². The van der Waals surface area contributed by atoms with Crippen LogP contribution in [0.5, 0.6) is 0 Å². The first kappa shape index (κ1) is 13.1. The van der Waals surface area contributed by atoms with E-state index in [1.807, 2.05) is 54.6 Å². The molecule has 0 spiro atoms. The number of ether oxygens (including phenoxy) is 1. The zero-order chi connectivity index (χ0) is 13.7. The zero-order valence-electron chi connectivity index (χ0n) is 11.2. The average Bonchev–Trinajstić information content (AvgIpc) is 2.49. The number of rotatable bonds is 3. The molecule has 3 heteroatoms. The van der Waals surface area contributed by atoms with Gasteiger partial charge in [0.15, 0.2) is 0 Å². The summed E-state index contributed by atoms with van der Waals surface area (Å²) in [5, 5.41) is 0. The van der Waals surface area contributed by atoms with E-state index >= 15 is 0 Å². The fourth-order valence-corrected chi connectivity index (χ4v) is 2.04. The monoisotopic (exact) mass is 255 g/mol. The number of hydrogen-bond donors (Lipinski definition) is 0. The van der Waals surface area contributed by atoms with Crippen molar-refractivity contribution < 1.29 is 9.53 Å². The van der Waals surface area contributed by atoms with Gasteiger partial charge in [-0.2, -0.15) is 0 Å². The highest BCUT2D eigenvalue weighted by atomic mass is 16.5. The Hall–Kier alpha value is -2.29. The number of aryl methyl sites for hydroxylation is 1. The van der Waals surface area contributed by atoms with E-state index in [1.54, 1.807) is 4.90 Å². The minimum atomic E-state index is -0.382. The molecular formula is C16H17NO2. The molecule has 0 heterocycles. The second-order valence-corrected chi connectivity index (χ2v) is 4.12. The lowest BCUT2D eigenvalue weighted by molar-refractivity contribution is 0.181. The van der Waals surface area contributed by atoms with Gasteiger partial charge < -0.3 is 4.74 Å². The van der Waals surface area contributed by atoms with Crippen LogP contribution in [0.4, 0.5) is 16.2 Å². The molecule has 0 unspecified atom stereocenters. The van der Waals surface area contributed by atoms with Crippen molar-refractivity contribution in [3.8, 4) is 0 Å². The van der Waals surface area contributed by atoms with Crippen LogP contribution >= 0.6 is 0 Å². The quantitative estimate of drug-likeness (QED) is 0.824. The van der Waals surface area contributed by atoms with E-state index in [0.717, 1.165) is 23.4 Å². The molecule has 0 aliphatic rings. The maximum absolute atomic E-state index is 12.1. The van der Waals surface area contributed by atoms with Crippen molar-refractivity contribution in [1.29, 1.82) is 0 Å². The Labute approximate surface area is 113 Å². The van der Waals surface area contributed by atoms with Gasteiger partial charge in [-0.25, -0.2) is 9.69 Å². The number of anilines is 2. The molecule has 2 aromatic carbocycles. The van der Waals surface area contributed by atoms with Gasteiger partial charge in [-0.05, 0) is 30.2 Å². The third-order valence-corrected chi connectivity index (χ3v) is 2.99. The van der Waals surface area contributed by atoms with Crippen LogP contribution in [-0.2, 0) is 11.2 Å². The SMILES string of the molecule is CCc1ccccc1N(C(=O)OC)c1ccccc1. The number of carbonyl (C=O) groups is 1. The van der Waals surface area contributed by atoms with Gasteiger partial charge in [0.25, 0.3) is 0 Å². The van der Waals surface area contributed by atoms with Crippen molar-refractivity contribution in [2.75, 3.05) is 12.0 Å². The number of nitrogens with zero attached hydrogens (tertiary/aromatic N) is 1. The molecule has 0 aliphatic carbocycles. The summed E-state index contributed by atoms with van der Waals surface area (Å²) in [5.74, 6) is 0. The molecule has 1 amide bonds. The second kappa shape index (κ2) is 6.05. The zero-order valence-corrected chi connectivity index (χ0v) is 11.2. The van der Waals surface area contributed by atoms with Gasteiger partial charge in [-0.1, -0.05) is 43.3 Å². The van der Waals surface area contributed by atoms with Gasteiger partial charge in [0, 0.05) is 0 Å². The molecule has 19 heavy (non-hydrogen) atoms. The molecule has 3 nitrogen and oxygen atoms in total. The number of benzene rings is 2. The molecule has 0 aromatic heterocycles. The maximum Gasteiger partial charge on any atom is 0.418 e. The fourth-order valence-electron chi connectivity index (χ4n) is 2.04.